The monoisotopic (exact) mass is 293 g/mol. The standard InChI is InChI=1S/C15H19NO5/c1-7-8(2)21-9(3)13(7)14(18)16-10-4-5-12(17)11(6-10)15(19)20/h4-9,13,17H,1-3H3,(H,16,18)(H,19,20). The van der Waals surface area contributed by atoms with Gasteiger partial charge >= 0.3 is 5.97 Å². The van der Waals surface area contributed by atoms with Gasteiger partial charge in [0.2, 0.25) is 5.91 Å². The van der Waals surface area contributed by atoms with E-state index in [2.05, 4.69) is 5.32 Å². The van der Waals surface area contributed by atoms with Crippen LogP contribution in [0.3, 0.4) is 0 Å². The summed E-state index contributed by atoms with van der Waals surface area (Å²) in [5.41, 5.74) is 0.0964. The van der Waals surface area contributed by atoms with Crippen LogP contribution in [0.15, 0.2) is 18.2 Å². The van der Waals surface area contributed by atoms with Crippen LogP contribution in [0, 0.1) is 11.8 Å². The molecule has 21 heavy (non-hydrogen) atoms. The molecule has 0 radical (unpaired) electrons. The lowest BCUT2D eigenvalue weighted by Gasteiger charge is -2.18. The van der Waals surface area contributed by atoms with Crippen LogP contribution >= 0.6 is 0 Å². The fraction of sp³-hybridized carbons (Fsp3) is 0.467. The maximum absolute atomic E-state index is 12.3. The van der Waals surface area contributed by atoms with E-state index < -0.39 is 5.97 Å². The van der Waals surface area contributed by atoms with Gasteiger partial charge in [0.15, 0.2) is 0 Å². The van der Waals surface area contributed by atoms with Gasteiger partial charge in [0.25, 0.3) is 0 Å². The number of carboxylic acids is 1. The largest absolute Gasteiger partial charge is 0.507 e. The molecule has 6 heteroatoms. The van der Waals surface area contributed by atoms with Gasteiger partial charge in [-0.25, -0.2) is 4.79 Å². The van der Waals surface area contributed by atoms with Crippen LogP contribution in [0.2, 0.25) is 0 Å². The van der Waals surface area contributed by atoms with Crippen LogP contribution < -0.4 is 5.32 Å². The molecule has 1 saturated heterocycles. The lowest BCUT2D eigenvalue weighted by atomic mass is 9.89. The first-order valence-electron chi connectivity index (χ1n) is 6.84. The SMILES string of the molecule is CC1OC(C)C(C(=O)Nc2ccc(O)c(C(=O)O)c2)C1C. The predicted molar refractivity (Wildman–Crippen MR) is 76.4 cm³/mol. The highest BCUT2D eigenvalue weighted by Gasteiger charge is 2.41. The molecule has 0 aromatic heterocycles. The minimum atomic E-state index is -1.25. The second kappa shape index (κ2) is 5.73. The Balaban J connectivity index is 2.17. The summed E-state index contributed by atoms with van der Waals surface area (Å²) in [5, 5.41) is 21.1. The van der Waals surface area contributed by atoms with Gasteiger partial charge in [-0.15, -0.1) is 0 Å². The Bertz CT molecular complexity index is 571. The van der Waals surface area contributed by atoms with Gasteiger partial charge in [-0.3, -0.25) is 4.79 Å². The Hall–Kier alpha value is -2.08. The van der Waals surface area contributed by atoms with Gasteiger partial charge in [-0.2, -0.15) is 0 Å². The number of phenols is 1. The Morgan fingerprint density at radius 1 is 1.19 bits per heavy atom. The maximum Gasteiger partial charge on any atom is 0.339 e. The smallest absolute Gasteiger partial charge is 0.339 e. The summed E-state index contributed by atoms with van der Waals surface area (Å²) < 4.78 is 5.63. The third-order valence-corrected chi connectivity index (χ3v) is 4.04. The van der Waals surface area contributed by atoms with Gasteiger partial charge in [-0.05, 0) is 38.0 Å². The topological polar surface area (TPSA) is 95.9 Å². The van der Waals surface area contributed by atoms with E-state index in [0.717, 1.165) is 0 Å². The summed E-state index contributed by atoms with van der Waals surface area (Å²) in [4.78, 5) is 23.3. The number of aromatic carboxylic acids is 1. The van der Waals surface area contributed by atoms with Crippen LogP contribution in [0.4, 0.5) is 5.69 Å². The molecule has 0 bridgehead atoms. The molecule has 114 valence electrons. The van der Waals surface area contributed by atoms with Crippen molar-refractivity contribution < 1.29 is 24.5 Å². The van der Waals surface area contributed by atoms with Crippen LogP contribution in [0.1, 0.15) is 31.1 Å². The average Bonchev–Trinajstić information content (AvgIpc) is 2.65. The van der Waals surface area contributed by atoms with E-state index in [1.165, 1.54) is 18.2 Å². The van der Waals surface area contributed by atoms with E-state index in [0.29, 0.717) is 5.69 Å². The van der Waals surface area contributed by atoms with Crippen LogP contribution in [-0.2, 0) is 9.53 Å². The molecule has 0 saturated carbocycles. The highest BCUT2D eigenvalue weighted by molar-refractivity contribution is 5.96. The lowest BCUT2D eigenvalue weighted by Crippen LogP contribution is -2.32. The average molecular weight is 293 g/mol. The van der Waals surface area contributed by atoms with Crippen molar-refractivity contribution in [2.45, 2.75) is 33.0 Å². The van der Waals surface area contributed by atoms with Gasteiger partial charge in [0.05, 0.1) is 18.1 Å². The number of hydrogen-bond acceptors (Lipinski definition) is 4. The zero-order valence-electron chi connectivity index (χ0n) is 12.2. The van der Waals surface area contributed by atoms with Gasteiger partial charge in [0.1, 0.15) is 11.3 Å². The first-order valence-corrected chi connectivity index (χ1v) is 6.84. The molecule has 4 unspecified atom stereocenters. The summed E-state index contributed by atoms with van der Waals surface area (Å²) in [6, 6.07) is 3.96. The Labute approximate surface area is 122 Å². The highest BCUT2D eigenvalue weighted by Crippen LogP contribution is 2.33. The number of benzene rings is 1. The Morgan fingerprint density at radius 2 is 1.86 bits per heavy atom. The number of rotatable bonds is 3. The molecule has 1 amide bonds. The van der Waals surface area contributed by atoms with Crippen LogP contribution in [0.25, 0.3) is 0 Å². The Kier molecular flexibility index (Phi) is 4.18. The molecule has 1 aromatic rings. The summed E-state index contributed by atoms with van der Waals surface area (Å²) in [7, 11) is 0. The number of carbonyl (C=O) groups is 2. The second-order valence-corrected chi connectivity index (χ2v) is 5.46. The van der Waals surface area contributed by atoms with Gasteiger partial charge < -0.3 is 20.3 Å². The zero-order chi connectivity index (χ0) is 15.7. The molecule has 1 heterocycles. The molecular formula is C15H19NO5. The van der Waals surface area contributed by atoms with Crippen molar-refractivity contribution in [1.82, 2.24) is 0 Å². The minimum absolute atomic E-state index is 0.00477. The molecule has 3 N–H and O–H groups in total. The number of carboxylic acid groups (broad SMARTS) is 1. The summed E-state index contributed by atoms with van der Waals surface area (Å²) in [6.45, 7) is 5.74. The predicted octanol–water partition coefficient (Wildman–Crippen LogP) is 2.09. The van der Waals surface area contributed by atoms with E-state index in [9.17, 15) is 14.7 Å². The van der Waals surface area contributed by atoms with Crippen molar-refractivity contribution in [3.63, 3.8) is 0 Å². The summed E-state index contributed by atoms with van der Waals surface area (Å²) >= 11 is 0. The lowest BCUT2D eigenvalue weighted by molar-refractivity contribution is -0.121. The van der Waals surface area contributed by atoms with Crippen molar-refractivity contribution in [2.75, 3.05) is 5.32 Å². The van der Waals surface area contributed by atoms with Gasteiger partial charge in [-0.1, -0.05) is 6.92 Å². The quantitative estimate of drug-likeness (QED) is 0.742. The van der Waals surface area contributed by atoms with Gasteiger partial charge in [0, 0.05) is 5.69 Å². The summed E-state index contributed by atoms with van der Waals surface area (Å²) in [6.07, 6.45) is -0.184. The van der Waals surface area contributed by atoms with Crippen molar-refractivity contribution in [3.8, 4) is 5.75 Å². The second-order valence-electron chi connectivity index (χ2n) is 5.46. The molecule has 0 spiro atoms. The highest BCUT2D eigenvalue weighted by atomic mass is 16.5. The molecule has 2 rings (SSSR count). The molecule has 1 fully saturated rings. The number of aromatic hydroxyl groups is 1. The number of nitrogens with one attached hydrogen (secondary N) is 1. The number of anilines is 1. The Morgan fingerprint density at radius 3 is 2.38 bits per heavy atom. The summed E-state index contributed by atoms with van der Waals surface area (Å²) in [5.74, 6) is -2.00. The van der Waals surface area contributed by atoms with E-state index in [4.69, 9.17) is 9.84 Å². The third kappa shape index (κ3) is 3.00. The van der Waals surface area contributed by atoms with Crippen molar-refractivity contribution in [2.24, 2.45) is 11.8 Å². The first kappa shape index (κ1) is 15.3. The normalized spacial score (nSPS) is 28.3. The molecule has 1 aliphatic heterocycles. The van der Waals surface area contributed by atoms with Crippen LogP contribution in [-0.4, -0.2) is 34.3 Å². The molecule has 1 aromatic carbocycles. The fourth-order valence-electron chi connectivity index (χ4n) is 2.73. The molecule has 4 atom stereocenters. The fourth-order valence-corrected chi connectivity index (χ4v) is 2.73. The van der Waals surface area contributed by atoms with E-state index in [1.807, 2.05) is 20.8 Å². The van der Waals surface area contributed by atoms with E-state index in [-0.39, 0.29) is 41.3 Å². The van der Waals surface area contributed by atoms with E-state index in [1.54, 1.807) is 0 Å². The molecule has 6 nitrogen and oxygen atoms in total. The minimum Gasteiger partial charge on any atom is -0.507 e. The maximum atomic E-state index is 12.3. The molecular weight excluding hydrogens is 274 g/mol. The number of amides is 1. The van der Waals surface area contributed by atoms with Crippen LogP contribution in [0.5, 0.6) is 5.75 Å². The molecule has 1 aliphatic rings. The van der Waals surface area contributed by atoms with Crippen molar-refractivity contribution >= 4 is 17.6 Å². The zero-order valence-corrected chi connectivity index (χ0v) is 12.2. The number of ether oxygens (including phenoxy) is 1. The van der Waals surface area contributed by atoms with E-state index >= 15 is 0 Å². The van der Waals surface area contributed by atoms with Crippen molar-refractivity contribution in [3.05, 3.63) is 23.8 Å². The van der Waals surface area contributed by atoms with Crippen molar-refractivity contribution in [1.29, 1.82) is 0 Å². The number of carbonyl (C=O) groups excluding carboxylic acids is 1. The number of hydrogen-bond donors (Lipinski definition) is 3. The molecule has 0 aliphatic carbocycles. The third-order valence-electron chi connectivity index (χ3n) is 4.04. The first-order chi connectivity index (χ1) is 9.81.